The molecule has 1 aliphatic carbocycles. The highest BCUT2D eigenvalue weighted by Gasteiger charge is 2.46. The predicted molar refractivity (Wildman–Crippen MR) is 77.3 cm³/mol. The number of benzene rings is 1. The first-order chi connectivity index (χ1) is 10.1. The van der Waals surface area contributed by atoms with E-state index < -0.39 is 0 Å². The molecule has 21 heavy (non-hydrogen) atoms. The first-order valence-electron chi connectivity index (χ1n) is 6.76. The van der Waals surface area contributed by atoms with Gasteiger partial charge in [0.15, 0.2) is 5.69 Å². The minimum absolute atomic E-state index is 0.0530. The second-order valence-corrected chi connectivity index (χ2v) is 5.14. The molecular weight excluding hydrogens is 268 g/mol. The molecule has 0 bridgehead atoms. The number of amides is 1. The third-order valence-electron chi connectivity index (χ3n) is 3.75. The Balaban J connectivity index is 1.80. The summed E-state index contributed by atoms with van der Waals surface area (Å²) in [5.74, 6) is 0.310. The van der Waals surface area contributed by atoms with Gasteiger partial charge in [0, 0.05) is 6.20 Å². The quantitative estimate of drug-likeness (QED) is 0.903. The number of hydrogen-bond donors (Lipinski definition) is 2. The minimum atomic E-state index is -0.360. The van der Waals surface area contributed by atoms with Gasteiger partial charge >= 0.3 is 0 Å². The van der Waals surface area contributed by atoms with E-state index in [9.17, 15) is 9.90 Å². The van der Waals surface area contributed by atoms with Crippen molar-refractivity contribution >= 4 is 5.91 Å². The number of hydrogen-bond acceptors (Lipinski definition) is 4. The maximum absolute atomic E-state index is 12.3. The molecule has 1 fully saturated rings. The number of ether oxygens (including phenoxy) is 1. The van der Waals surface area contributed by atoms with Crippen LogP contribution in [-0.4, -0.2) is 23.1 Å². The van der Waals surface area contributed by atoms with Crippen LogP contribution in [0.5, 0.6) is 11.5 Å². The molecule has 0 unspecified atom stereocenters. The van der Waals surface area contributed by atoms with Crippen LogP contribution >= 0.6 is 0 Å². The predicted octanol–water partition coefficient (Wildman–Crippen LogP) is 2.21. The zero-order chi connectivity index (χ0) is 14.9. The number of rotatable bonds is 4. The number of carbonyl (C=O) groups is 1. The van der Waals surface area contributed by atoms with Gasteiger partial charge in [0.25, 0.3) is 5.91 Å². The first kappa shape index (κ1) is 13.4. The van der Waals surface area contributed by atoms with E-state index in [4.69, 9.17) is 4.74 Å². The molecule has 1 aromatic carbocycles. The lowest BCUT2D eigenvalue weighted by molar-refractivity contribution is 0.0922. The van der Waals surface area contributed by atoms with Crippen LogP contribution in [0.2, 0.25) is 0 Å². The number of carbonyl (C=O) groups excluding carboxylic acids is 1. The molecule has 0 saturated heterocycles. The molecule has 3 rings (SSSR count). The third-order valence-corrected chi connectivity index (χ3v) is 3.75. The van der Waals surface area contributed by atoms with Crippen LogP contribution in [0.3, 0.4) is 0 Å². The summed E-state index contributed by atoms with van der Waals surface area (Å²) in [6.45, 7) is 0. The zero-order valence-electron chi connectivity index (χ0n) is 11.7. The fraction of sp³-hybridized carbons (Fsp3) is 0.250. The largest absolute Gasteiger partial charge is 0.505 e. The lowest BCUT2D eigenvalue weighted by atomic mass is 10.0. The van der Waals surface area contributed by atoms with Crippen LogP contribution in [0.15, 0.2) is 42.6 Å². The van der Waals surface area contributed by atoms with E-state index in [1.165, 1.54) is 12.3 Å². The molecule has 0 atom stereocenters. The summed E-state index contributed by atoms with van der Waals surface area (Å²) in [6, 6.07) is 10.7. The van der Waals surface area contributed by atoms with Gasteiger partial charge in [0.05, 0.1) is 12.6 Å². The molecule has 1 heterocycles. The summed E-state index contributed by atoms with van der Waals surface area (Å²) in [7, 11) is 1.62. The van der Waals surface area contributed by atoms with E-state index in [0.29, 0.717) is 0 Å². The third kappa shape index (κ3) is 2.54. The number of aromatic hydroxyl groups is 1. The molecule has 5 nitrogen and oxygen atoms in total. The Morgan fingerprint density at radius 3 is 2.57 bits per heavy atom. The van der Waals surface area contributed by atoms with Crippen molar-refractivity contribution in [3.8, 4) is 11.5 Å². The summed E-state index contributed by atoms with van der Waals surface area (Å²) < 4.78 is 5.14. The number of methoxy groups -OCH3 is 1. The van der Waals surface area contributed by atoms with Gasteiger partial charge in [-0.25, -0.2) is 4.98 Å². The van der Waals surface area contributed by atoms with Gasteiger partial charge in [-0.05, 0) is 42.7 Å². The molecule has 108 valence electrons. The van der Waals surface area contributed by atoms with Crippen molar-refractivity contribution in [3.05, 3.63) is 53.9 Å². The summed E-state index contributed by atoms with van der Waals surface area (Å²) in [4.78, 5) is 16.2. The van der Waals surface area contributed by atoms with Crippen molar-refractivity contribution in [2.24, 2.45) is 0 Å². The number of aromatic nitrogens is 1. The average molecular weight is 284 g/mol. The van der Waals surface area contributed by atoms with Crippen LogP contribution in [-0.2, 0) is 5.54 Å². The lowest BCUT2D eigenvalue weighted by Gasteiger charge is -2.18. The number of nitrogens with one attached hydrogen (secondary N) is 1. The van der Waals surface area contributed by atoms with Crippen molar-refractivity contribution < 1.29 is 14.6 Å². The number of nitrogens with zero attached hydrogens (tertiary/aromatic N) is 1. The van der Waals surface area contributed by atoms with E-state index in [1.807, 2.05) is 24.3 Å². The molecule has 1 aliphatic rings. The summed E-state index contributed by atoms with van der Waals surface area (Å²) >= 11 is 0. The molecule has 0 radical (unpaired) electrons. The first-order valence-corrected chi connectivity index (χ1v) is 6.76. The molecule has 1 amide bonds. The highest BCUT2D eigenvalue weighted by molar-refractivity contribution is 5.95. The van der Waals surface area contributed by atoms with Crippen LogP contribution in [0.1, 0.15) is 28.9 Å². The Hall–Kier alpha value is -2.56. The average Bonchev–Trinajstić information content (AvgIpc) is 3.28. The number of pyridine rings is 1. The Kier molecular flexibility index (Phi) is 3.25. The van der Waals surface area contributed by atoms with Gasteiger partial charge in [-0.15, -0.1) is 0 Å². The van der Waals surface area contributed by atoms with Crippen molar-refractivity contribution in [2.45, 2.75) is 18.4 Å². The van der Waals surface area contributed by atoms with E-state index >= 15 is 0 Å². The summed E-state index contributed by atoms with van der Waals surface area (Å²) in [6.07, 6.45) is 3.24. The van der Waals surface area contributed by atoms with Gasteiger partial charge in [0.2, 0.25) is 0 Å². The zero-order valence-corrected chi connectivity index (χ0v) is 11.7. The molecule has 2 aromatic rings. The van der Waals surface area contributed by atoms with Crippen LogP contribution < -0.4 is 10.1 Å². The smallest absolute Gasteiger partial charge is 0.274 e. The molecule has 1 aromatic heterocycles. The fourth-order valence-corrected chi connectivity index (χ4v) is 2.37. The van der Waals surface area contributed by atoms with Gasteiger partial charge in [-0.2, -0.15) is 0 Å². The van der Waals surface area contributed by atoms with E-state index in [0.717, 1.165) is 24.2 Å². The van der Waals surface area contributed by atoms with Crippen LogP contribution in [0.25, 0.3) is 0 Å². The van der Waals surface area contributed by atoms with Gasteiger partial charge < -0.3 is 15.2 Å². The maximum atomic E-state index is 12.3. The Morgan fingerprint density at radius 2 is 2.00 bits per heavy atom. The van der Waals surface area contributed by atoms with Crippen molar-refractivity contribution in [1.82, 2.24) is 10.3 Å². The van der Waals surface area contributed by atoms with E-state index in [1.54, 1.807) is 13.2 Å². The van der Waals surface area contributed by atoms with Crippen LogP contribution in [0, 0.1) is 0 Å². The van der Waals surface area contributed by atoms with Crippen molar-refractivity contribution in [3.63, 3.8) is 0 Å². The fourth-order valence-electron chi connectivity index (χ4n) is 2.37. The van der Waals surface area contributed by atoms with Gasteiger partial charge in [-0.1, -0.05) is 12.1 Å². The second-order valence-electron chi connectivity index (χ2n) is 5.14. The molecule has 0 aliphatic heterocycles. The molecule has 2 N–H and O–H groups in total. The molecule has 0 spiro atoms. The monoisotopic (exact) mass is 284 g/mol. The van der Waals surface area contributed by atoms with Crippen molar-refractivity contribution in [2.75, 3.05) is 7.11 Å². The second kappa shape index (κ2) is 5.09. The summed E-state index contributed by atoms with van der Waals surface area (Å²) in [5, 5.41) is 12.7. The standard InChI is InChI=1S/C16H16N2O3/c1-21-12-6-4-11(5-7-12)16(8-9-16)18-15(20)14-13(19)3-2-10-17-14/h2-7,10,19H,8-9H2,1H3,(H,18,20). The Labute approximate surface area is 122 Å². The topological polar surface area (TPSA) is 71.5 Å². The minimum Gasteiger partial charge on any atom is -0.505 e. The maximum Gasteiger partial charge on any atom is 0.274 e. The van der Waals surface area contributed by atoms with Crippen LogP contribution in [0.4, 0.5) is 0 Å². The Bertz CT molecular complexity index is 663. The Morgan fingerprint density at radius 1 is 1.29 bits per heavy atom. The summed E-state index contributed by atoms with van der Waals surface area (Å²) in [5.41, 5.74) is 0.734. The van der Waals surface area contributed by atoms with E-state index in [-0.39, 0.29) is 22.9 Å². The van der Waals surface area contributed by atoms with Gasteiger partial charge in [-0.3, -0.25) is 4.79 Å². The SMILES string of the molecule is COc1ccc(C2(NC(=O)c3ncccc3O)CC2)cc1. The molecule has 5 heteroatoms. The molecular formula is C16H16N2O3. The highest BCUT2D eigenvalue weighted by atomic mass is 16.5. The van der Waals surface area contributed by atoms with Gasteiger partial charge in [0.1, 0.15) is 11.5 Å². The van der Waals surface area contributed by atoms with E-state index in [2.05, 4.69) is 10.3 Å². The highest BCUT2D eigenvalue weighted by Crippen LogP contribution is 2.46. The van der Waals surface area contributed by atoms with Crippen molar-refractivity contribution in [1.29, 1.82) is 0 Å². The normalized spacial score (nSPS) is 15.3. The lowest BCUT2D eigenvalue weighted by Crippen LogP contribution is -2.35. The molecule has 1 saturated carbocycles.